The van der Waals surface area contributed by atoms with Crippen LogP contribution in [0.5, 0.6) is 0 Å². The first-order valence-electron chi connectivity index (χ1n) is 9.90. The van der Waals surface area contributed by atoms with Crippen LogP contribution in [0.4, 0.5) is 0 Å². The highest BCUT2D eigenvalue weighted by Crippen LogP contribution is 2.25. The summed E-state index contributed by atoms with van der Waals surface area (Å²) in [7, 11) is 0. The number of benzene rings is 1. The first-order chi connectivity index (χ1) is 13.3. The number of carbonyl (C=O) groups is 1. The zero-order chi connectivity index (χ0) is 18.5. The molecule has 5 nitrogen and oxygen atoms in total. The third kappa shape index (κ3) is 4.25. The number of aromatic nitrogens is 1. The zero-order valence-corrected chi connectivity index (χ0v) is 15.6. The number of likely N-dealkylation sites (tertiary alicyclic amines) is 1. The van der Waals surface area contributed by atoms with Gasteiger partial charge in [-0.25, -0.2) is 0 Å². The van der Waals surface area contributed by atoms with E-state index in [-0.39, 0.29) is 11.9 Å². The van der Waals surface area contributed by atoms with Crippen molar-refractivity contribution in [1.29, 1.82) is 0 Å². The van der Waals surface area contributed by atoms with Crippen molar-refractivity contribution in [2.45, 2.75) is 38.1 Å². The van der Waals surface area contributed by atoms with Gasteiger partial charge in [0.15, 0.2) is 0 Å². The second-order valence-electron chi connectivity index (χ2n) is 7.29. The van der Waals surface area contributed by atoms with Gasteiger partial charge in [0.05, 0.1) is 12.3 Å². The maximum atomic E-state index is 12.4. The van der Waals surface area contributed by atoms with Gasteiger partial charge in [-0.1, -0.05) is 18.2 Å². The smallest absolute Gasteiger partial charge is 0.220 e. The second kappa shape index (κ2) is 8.44. The minimum atomic E-state index is 0.116. The first-order valence-corrected chi connectivity index (χ1v) is 9.90. The summed E-state index contributed by atoms with van der Waals surface area (Å²) in [6.07, 6.45) is 8.51. The molecule has 2 N–H and O–H groups in total. The van der Waals surface area contributed by atoms with Crippen molar-refractivity contribution < 1.29 is 9.21 Å². The van der Waals surface area contributed by atoms with Crippen molar-refractivity contribution in [3.8, 4) is 0 Å². The minimum Gasteiger partial charge on any atom is -0.468 e. The Bertz CT molecular complexity index is 863. The fourth-order valence-corrected chi connectivity index (χ4v) is 4.02. The van der Waals surface area contributed by atoms with E-state index in [0.29, 0.717) is 13.0 Å². The Labute approximate surface area is 159 Å². The van der Waals surface area contributed by atoms with Crippen LogP contribution in [-0.4, -0.2) is 35.4 Å². The highest BCUT2D eigenvalue weighted by Gasteiger charge is 2.25. The molecule has 1 aliphatic rings. The molecule has 0 radical (unpaired) electrons. The summed E-state index contributed by atoms with van der Waals surface area (Å²) >= 11 is 0. The fourth-order valence-electron chi connectivity index (χ4n) is 4.02. The predicted molar refractivity (Wildman–Crippen MR) is 107 cm³/mol. The zero-order valence-electron chi connectivity index (χ0n) is 15.6. The summed E-state index contributed by atoms with van der Waals surface area (Å²) < 4.78 is 5.61. The lowest BCUT2D eigenvalue weighted by Crippen LogP contribution is -2.36. The highest BCUT2D eigenvalue weighted by atomic mass is 16.3. The Balaban J connectivity index is 1.27. The molecule has 1 aliphatic heterocycles. The second-order valence-corrected chi connectivity index (χ2v) is 7.29. The predicted octanol–water partition coefficient (Wildman–Crippen LogP) is 4.04. The van der Waals surface area contributed by atoms with E-state index in [2.05, 4.69) is 39.6 Å². The van der Waals surface area contributed by atoms with Crippen molar-refractivity contribution in [3.63, 3.8) is 0 Å². The Kier molecular flexibility index (Phi) is 5.58. The van der Waals surface area contributed by atoms with Gasteiger partial charge < -0.3 is 14.7 Å². The maximum Gasteiger partial charge on any atom is 0.220 e. The van der Waals surface area contributed by atoms with Crippen molar-refractivity contribution in [3.05, 3.63) is 60.2 Å². The average molecular weight is 365 g/mol. The molecule has 5 heteroatoms. The number of aromatic amines is 1. The topological polar surface area (TPSA) is 61.3 Å². The number of H-pyrrole nitrogens is 1. The monoisotopic (exact) mass is 365 g/mol. The lowest BCUT2D eigenvalue weighted by atomic mass is 10.1. The van der Waals surface area contributed by atoms with E-state index in [1.807, 2.05) is 18.2 Å². The van der Waals surface area contributed by atoms with Gasteiger partial charge >= 0.3 is 0 Å². The van der Waals surface area contributed by atoms with Gasteiger partial charge in [-0.3, -0.25) is 9.69 Å². The molecule has 27 heavy (non-hydrogen) atoms. The number of nitrogens with zero attached hydrogens (tertiary/aromatic N) is 1. The lowest BCUT2D eigenvalue weighted by Gasteiger charge is -2.26. The summed E-state index contributed by atoms with van der Waals surface area (Å²) in [4.78, 5) is 18.1. The number of hydrogen-bond donors (Lipinski definition) is 2. The average Bonchev–Trinajstić information content (AvgIpc) is 3.45. The Morgan fingerprint density at radius 2 is 2.04 bits per heavy atom. The van der Waals surface area contributed by atoms with Gasteiger partial charge in [0.1, 0.15) is 5.76 Å². The number of aryl methyl sites for hydroxylation is 1. The third-order valence-corrected chi connectivity index (χ3v) is 5.47. The van der Waals surface area contributed by atoms with Crippen LogP contribution in [0.1, 0.15) is 43.0 Å². The molecule has 0 bridgehead atoms. The van der Waals surface area contributed by atoms with Crippen molar-refractivity contribution in [2.75, 3.05) is 19.6 Å². The molecule has 1 amide bonds. The summed E-state index contributed by atoms with van der Waals surface area (Å²) in [5.74, 6) is 1.06. The van der Waals surface area contributed by atoms with Crippen LogP contribution in [0.15, 0.2) is 53.3 Å². The molecular formula is C22H27N3O2. The van der Waals surface area contributed by atoms with Crippen LogP contribution in [0.25, 0.3) is 10.9 Å². The summed E-state index contributed by atoms with van der Waals surface area (Å²) in [5, 5.41) is 4.37. The largest absolute Gasteiger partial charge is 0.468 e. The maximum absolute atomic E-state index is 12.4. The molecule has 0 saturated carbocycles. The van der Waals surface area contributed by atoms with Crippen molar-refractivity contribution >= 4 is 16.8 Å². The van der Waals surface area contributed by atoms with Gasteiger partial charge in [-0.15, -0.1) is 0 Å². The molecule has 0 aliphatic carbocycles. The van der Waals surface area contributed by atoms with Crippen LogP contribution < -0.4 is 5.32 Å². The van der Waals surface area contributed by atoms with Gasteiger partial charge in [0.25, 0.3) is 0 Å². The van der Waals surface area contributed by atoms with E-state index < -0.39 is 0 Å². The number of carbonyl (C=O) groups excluding carboxylic acids is 1. The standard InChI is InChI=1S/C22H27N3O2/c26-22(11-5-7-17-15-23-19-9-2-1-8-18(17)19)24-16-20(21-10-6-14-27-21)25-12-3-4-13-25/h1-2,6,8-10,14-15,20,23H,3-5,7,11-13,16H2,(H,24,26). The molecule has 3 heterocycles. The van der Waals surface area contributed by atoms with Gasteiger partial charge in [-0.05, 0) is 62.5 Å². The van der Waals surface area contributed by atoms with Crippen LogP contribution in [-0.2, 0) is 11.2 Å². The summed E-state index contributed by atoms with van der Waals surface area (Å²) in [5.41, 5.74) is 2.44. The van der Waals surface area contributed by atoms with Crippen molar-refractivity contribution in [2.24, 2.45) is 0 Å². The molecule has 0 spiro atoms. The number of para-hydroxylation sites is 1. The molecule has 1 fully saturated rings. The normalized spacial score (nSPS) is 16.0. The van der Waals surface area contributed by atoms with Crippen LogP contribution >= 0.6 is 0 Å². The molecule has 1 unspecified atom stereocenters. The van der Waals surface area contributed by atoms with Crippen molar-refractivity contribution in [1.82, 2.24) is 15.2 Å². The summed E-state index contributed by atoms with van der Waals surface area (Å²) in [6.45, 7) is 2.75. The van der Waals surface area contributed by atoms with Gasteiger partial charge in [0.2, 0.25) is 5.91 Å². The number of amides is 1. The molecular weight excluding hydrogens is 338 g/mol. The van der Waals surface area contributed by atoms with Crippen LogP contribution in [0.2, 0.25) is 0 Å². The van der Waals surface area contributed by atoms with E-state index in [1.54, 1.807) is 6.26 Å². The number of hydrogen-bond acceptors (Lipinski definition) is 3. The third-order valence-electron chi connectivity index (χ3n) is 5.47. The number of rotatable bonds is 8. The Hall–Kier alpha value is -2.53. The molecule has 4 rings (SSSR count). The fraction of sp³-hybridized carbons (Fsp3) is 0.409. The molecule has 142 valence electrons. The molecule has 1 aromatic carbocycles. The molecule has 1 saturated heterocycles. The molecule has 1 atom stereocenters. The Morgan fingerprint density at radius 3 is 2.85 bits per heavy atom. The lowest BCUT2D eigenvalue weighted by molar-refractivity contribution is -0.121. The van der Waals surface area contributed by atoms with E-state index in [4.69, 9.17) is 4.42 Å². The van der Waals surface area contributed by atoms with E-state index in [0.717, 1.165) is 37.2 Å². The number of furan rings is 1. The SMILES string of the molecule is O=C(CCCc1c[nH]c2ccccc12)NCC(c1ccco1)N1CCCC1. The number of nitrogens with one attached hydrogen (secondary N) is 2. The van der Waals surface area contributed by atoms with Crippen LogP contribution in [0.3, 0.4) is 0 Å². The first kappa shape index (κ1) is 17.9. The van der Waals surface area contributed by atoms with Crippen LogP contribution in [0, 0.1) is 0 Å². The van der Waals surface area contributed by atoms with Gasteiger partial charge in [-0.2, -0.15) is 0 Å². The van der Waals surface area contributed by atoms with Gasteiger partial charge in [0, 0.05) is 30.1 Å². The van der Waals surface area contributed by atoms with E-state index in [1.165, 1.54) is 23.8 Å². The summed E-state index contributed by atoms with van der Waals surface area (Å²) in [6, 6.07) is 12.4. The Morgan fingerprint density at radius 1 is 1.19 bits per heavy atom. The van der Waals surface area contributed by atoms with E-state index >= 15 is 0 Å². The highest BCUT2D eigenvalue weighted by molar-refractivity contribution is 5.83. The molecule has 3 aromatic rings. The quantitative estimate of drug-likeness (QED) is 0.633. The molecule has 2 aromatic heterocycles. The van der Waals surface area contributed by atoms with E-state index in [9.17, 15) is 4.79 Å². The number of fused-ring (bicyclic) bond motifs is 1. The minimum absolute atomic E-state index is 0.116.